The Morgan fingerprint density at radius 3 is 2.48 bits per heavy atom. The number of hydrogen-bond acceptors (Lipinski definition) is 4. The fraction of sp³-hybridized carbons (Fsp3) is 0.682. The fourth-order valence-corrected chi connectivity index (χ4v) is 4.20. The van der Waals surface area contributed by atoms with Crippen LogP contribution >= 0.6 is 0 Å². The van der Waals surface area contributed by atoms with Crippen LogP contribution in [0.4, 0.5) is 0 Å². The van der Waals surface area contributed by atoms with Crippen molar-refractivity contribution in [2.45, 2.75) is 82.6 Å². The standard InChI is InChI=1S/C22H34N2O3/c1-16(2)18-6-4-17(5-7-18)14-24-13-3-12-22(27,21(24)26)15-23-19-8-10-20(25)11-9-19/h4-7,16,19-20,23,25,27H,3,8-15H2,1-2H3. The number of amides is 1. The predicted octanol–water partition coefficient (Wildman–Crippen LogP) is 2.56. The summed E-state index contributed by atoms with van der Waals surface area (Å²) in [5.41, 5.74) is 1.08. The molecule has 5 nitrogen and oxygen atoms in total. The van der Waals surface area contributed by atoms with E-state index in [1.165, 1.54) is 5.56 Å². The molecule has 0 aromatic heterocycles. The summed E-state index contributed by atoms with van der Waals surface area (Å²) in [6.45, 7) is 5.89. The van der Waals surface area contributed by atoms with Gasteiger partial charge in [-0.2, -0.15) is 0 Å². The van der Waals surface area contributed by atoms with Crippen molar-refractivity contribution >= 4 is 5.91 Å². The van der Waals surface area contributed by atoms with Gasteiger partial charge in [0.05, 0.1) is 6.10 Å². The second-order valence-electron chi connectivity index (χ2n) is 8.64. The molecule has 5 heteroatoms. The van der Waals surface area contributed by atoms with E-state index in [1.54, 1.807) is 4.90 Å². The minimum Gasteiger partial charge on any atom is -0.393 e. The van der Waals surface area contributed by atoms with Crippen LogP contribution in [0.1, 0.15) is 69.4 Å². The molecule has 1 atom stereocenters. The van der Waals surface area contributed by atoms with E-state index in [2.05, 4.69) is 43.4 Å². The molecule has 1 heterocycles. The maximum atomic E-state index is 12.9. The number of rotatable bonds is 6. The Kier molecular flexibility index (Phi) is 6.56. The summed E-state index contributed by atoms with van der Waals surface area (Å²) < 4.78 is 0. The Labute approximate surface area is 162 Å². The average molecular weight is 375 g/mol. The first-order chi connectivity index (χ1) is 12.9. The van der Waals surface area contributed by atoms with Crippen molar-refractivity contribution < 1.29 is 15.0 Å². The highest BCUT2D eigenvalue weighted by Crippen LogP contribution is 2.26. The predicted molar refractivity (Wildman–Crippen MR) is 106 cm³/mol. The van der Waals surface area contributed by atoms with Crippen LogP contribution in [0.15, 0.2) is 24.3 Å². The normalized spacial score (nSPS) is 29.4. The van der Waals surface area contributed by atoms with E-state index in [-0.39, 0.29) is 18.1 Å². The third kappa shape index (κ3) is 5.09. The van der Waals surface area contributed by atoms with Crippen molar-refractivity contribution in [3.8, 4) is 0 Å². The molecule has 2 fully saturated rings. The van der Waals surface area contributed by atoms with E-state index < -0.39 is 5.60 Å². The molecule has 1 unspecified atom stereocenters. The van der Waals surface area contributed by atoms with Gasteiger partial charge in [-0.1, -0.05) is 38.1 Å². The quantitative estimate of drug-likeness (QED) is 0.716. The third-order valence-electron chi connectivity index (χ3n) is 6.10. The molecule has 1 aliphatic carbocycles. The van der Waals surface area contributed by atoms with E-state index in [9.17, 15) is 15.0 Å². The van der Waals surface area contributed by atoms with Gasteiger partial charge in [0.2, 0.25) is 0 Å². The van der Waals surface area contributed by atoms with Crippen LogP contribution < -0.4 is 5.32 Å². The largest absolute Gasteiger partial charge is 0.393 e. The van der Waals surface area contributed by atoms with E-state index in [0.29, 0.717) is 32.0 Å². The summed E-state index contributed by atoms with van der Waals surface area (Å²) in [6, 6.07) is 8.70. The minimum absolute atomic E-state index is 0.162. The van der Waals surface area contributed by atoms with Crippen molar-refractivity contribution in [2.75, 3.05) is 13.1 Å². The van der Waals surface area contributed by atoms with Gasteiger partial charge in [0.1, 0.15) is 0 Å². The van der Waals surface area contributed by atoms with Crippen LogP contribution in [0, 0.1) is 0 Å². The minimum atomic E-state index is -1.31. The molecule has 1 aromatic carbocycles. The number of likely N-dealkylation sites (tertiary alicyclic amines) is 1. The van der Waals surface area contributed by atoms with Gasteiger partial charge < -0.3 is 20.4 Å². The first-order valence-corrected chi connectivity index (χ1v) is 10.4. The summed E-state index contributed by atoms with van der Waals surface area (Å²) in [6.07, 6.45) is 4.52. The van der Waals surface area contributed by atoms with Gasteiger partial charge >= 0.3 is 0 Å². The van der Waals surface area contributed by atoms with Crippen molar-refractivity contribution in [1.82, 2.24) is 10.2 Å². The molecule has 2 aliphatic rings. The van der Waals surface area contributed by atoms with Gasteiger partial charge in [-0.3, -0.25) is 4.79 Å². The van der Waals surface area contributed by atoms with Gasteiger partial charge in [0.15, 0.2) is 5.60 Å². The zero-order valence-corrected chi connectivity index (χ0v) is 16.7. The summed E-state index contributed by atoms with van der Waals surface area (Å²) in [5, 5.41) is 24.0. The molecule has 150 valence electrons. The average Bonchev–Trinajstić information content (AvgIpc) is 2.66. The molecule has 0 radical (unpaired) electrons. The topological polar surface area (TPSA) is 72.8 Å². The Hall–Kier alpha value is -1.43. The lowest BCUT2D eigenvalue weighted by Crippen LogP contribution is -2.58. The number of hydrogen-bond donors (Lipinski definition) is 3. The summed E-state index contributed by atoms with van der Waals surface area (Å²) in [4.78, 5) is 14.7. The van der Waals surface area contributed by atoms with Gasteiger partial charge in [0.25, 0.3) is 5.91 Å². The van der Waals surface area contributed by atoms with Crippen LogP contribution in [0.3, 0.4) is 0 Å². The van der Waals surface area contributed by atoms with E-state index in [0.717, 1.165) is 37.7 Å². The molecule has 0 spiro atoms. The molecular formula is C22H34N2O3. The molecule has 27 heavy (non-hydrogen) atoms. The Bertz CT molecular complexity index is 623. The molecule has 1 amide bonds. The fourth-order valence-electron chi connectivity index (χ4n) is 4.20. The lowest BCUT2D eigenvalue weighted by molar-refractivity contribution is -0.157. The first-order valence-electron chi connectivity index (χ1n) is 10.4. The third-order valence-corrected chi connectivity index (χ3v) is 6.10. The van der Waals surface area contributed by atoms with Gasteiger partial charge in [-0.15, -0.1) is 0 Å². The van der Waals surface area contributed by atoms with Crippen molar-refractivity contribution in [3.05, 3.63) is 35.4 Å². The SMILES string of the molecule is CC(C)c1ccc(CN2CCCC(O)(CNC3CCC(O)CC3)C2=O)cc1. The number of benzene rings is 1. The number of carbonyl (C=O) groups is 1. The van der Waals surface area contributed by atoms with Crippen molar-refractivity contribution in [2.24, 2.45) is 0 Å². The van der Waals surface area contributed by atoms with Gasteiger partial charge in [-0.05, 0) is 55.6 Å². The molecule has 1 saturated heterocycles. The number of nitrogens with one attached hydrogen (secondary N) is 1. The maximum absolute atomic E-state index is 12.9. The summed E-state index contributed by atoms with van der Waals surface area (Å²) in [5.74, 6) is 0.331. The molecule has 1 aromatic rings. The second kappa shape index (κ2) is 8.72. The van der Waals surface area contributed by atoms with E-state index in [1.807, 2.05) is 0 Å². The van der Waals surface area contributed by atoms with E-state index in [4.69, 9.17) is 0 Å². The molecule has 1 saturated carbocycles. The van der Waals surface area contributed by atoms with Crippen LogP contribution in [0.5, 0.6) is 0 Å². The highest BCUT2D eigenvalue weighted by Gasteiger charge is 2.42. The molecular weight excluding hydrogens is 340 g/mol. The smallest absolute Gasteiger partial charge is 0.256 e. The zero-order chi connectivity index (χ0) is 19.4. The number of piperidine rings is 1. The number of nitrogens with zero attached hydrogens (tertiary/aromatic N) is 1. The molecule has 3 N–H and O–H groups in total. The Morgan fingerprint density at radius 2 is 1.85 bits per heavy atom. The monoisotopic (exact) mass is 374 g/mol. The lowest BCUT2D eigenvalue weighted by Gasteiger charge is -2.39. The Morgan fingerprint density at radius 1 is 1.19 bits per heavy atom. The van der Waals surface area contributed by atoms with Crippen LogP contribution in [-0.2, 0) is 11.3 Å². The van der Waals surface area contributed by atoms with Gasteiger partial charge in [0, 0.05) is 25.7 Å². The molecule has 1 aliphatic heterocycles. The number of carbonyl (C=O) groups excluding carboxylic acids is 1. The first kappa shape index (κ1) is 20.3. The van der Waals surface area contributed by atoms with E-state index >= 15 is 0 Å². The zero-order valence-electron chi connectivity index (χ0n) is 16.7. The van der Waals surface area contributed by atoms with Crippen LogP contribution in [-0.4, -0.2) is 51.9 Å². The summed E-state index contributed by atoms with van der Waals surface area (Å²) >= 11 is 0. The van der Waals surface area contributed by atoms with Crippen LogP contribution in [0.25, 0.3) is 0 Å². The second-order valence-corrected chi connectivity index (χ2v) is 8.64. The van der Waals surface area contributed by atoms with Crippen molar-refractivity contribution in [3.63, 3.8) is 0 Å². The number of aliphatic hydroxyl groups is 2. The highest BCUT2D eigenvalue weighted by molar-refractivity contribution is 5.86. The molecule has 0 bridgehead atoms. The lowest BCUT2D eigenvalue weighted by atomic mass is 9.89. The van der Waals surface area contributed by atoms with Crippen molar-refractivity contribution in [1.29, 1.82) is 0 Å². The molecule has 3 rings (SSSR count). The van der Waals surface area contributed by atoms with Crippen LogP contribution in [0.2, 0.25) is 0 Å². The van der Waals surface area contributed by atoms with Gasteiger partial charge in [-0.25, -0.2) is 0 Å². The highest BCUT2D eigenvalue weighted by atomic mass is 16.3. The Balaban J connectivity index is 1.57. The number of aliphatic hydroxyl groups excluding tert-OH is 1. The maximum Gasteiger partial charge on any atom is 0.256 e. The summed E-state index contributed by atoms with van der Waals surface area (Å²) in [7, 11) is 0.